The summed E-state index contributed by atoms with van der Waals surface area (Å²) in [7, 11) is 113. The fourth-order valence-electron chi connectivity index (χ4n) is 0.743. The number of thiol groups is 1. The molecule has 0 saturated heterocycles. The molecule has 0 bridgehead atoms. The lowest BCUT2D eigenvalue weighted by Crippen LogP contribution is -1.87. The van der Waals surface area contributed by atoms with Crippen molar-refractivity contribution in [3.63, 3.8) is 0 Å². The maximum Gasteiger partial charge on any atom is 0.0817 e. The van der Waals surface area contributed by atoms with Gasteiger partial charge in [-0.3, -0.25) is 0 Å². The Balaban J connectivity index is 3.08. The van der Waals surface area contributed by atoms with E-state index in [0.29, 0.717) is 0 Å². The predicted octanol–water partition coefficient (Wildman–Crippen LogP) is 40.7. The zero-order chi connectivity index (χ0) is 49.0. The Morgan fingerprint density at radius 1 is 0.206 bits per heavy atom. The lowest BCUT2D eigenvalue weighted by atomic mass is 11.8. The van der Waals surface area contributed by atoms with Crippen LogP contribution in [0, 0.1) is 0 Å². The Morgan fingerprint density at radius 2 is 0.309 bits per heavy atom. The van der Waals surface area contributed by atoms with Crippen molar-refractivity contribution in [3.05, 3.63) is 0 Å². The SMILES string of the molecule is COS(=S)(=S)SSSSSSSSSSSSSSSSSSSSSSSSSSSSSSSSSSSSSSSSSSSSSSSSSSSSSSSSSSSSSSS. The summed E-state index contributed by atoms with van der Waals surface area (Å²) in [6.07, 6.45) is 0. The van der Waals surface area contributed by atoms with E-state index < -0.39 is 6.46 Å². The van der Waals surface area contributed by atoms with E-state index >= 15 is 0 Å². The average molecular weight is 2150 g/mol. The van der Waals surface area contributed by atoms with Crippen LogP contribution in [0.15, 0.2) is 0 Å². The quantitative estimate of drug-likeness (QED) is 0.0352. The van der Waals surface area contributed by atoms with Gasteiger partial charge < -0.3 is 4.18 Å². The van der Waals surface area contributed by atoms with Crippen molar-refractivity contribution < 1.29 is 4.18 Å². The van der Waals surface area contributed by atoms with Gasteiger partial charge in [0, 0.05) is 531 Å². The topological polar surface area (TPSA) is 9.23 Å². The molecule has 0 N–H and O–H groups in total. The molecule has 0 fully saturated rings. The van der Waals surface area contributed by atoms with Gasteiger partial charge in [-0.1, -0.05) is 11.7 Å². The molecular formula is CH4OS66. The fourth-order valence-corrected chi connectivity index (χ4v) is 173. The van der Waals surface area contributed by atoms with Gasteiger partial charge in [-0.25, -0.2) is 0 Å². The van der Waals surface area contributed by atoms with Crippen LogP contribution in [0.5, 0.6) is 0 Å². The Morgan fingerprint density at radius 3 is 0.412 bits per heavy atom. The van der Waals surface area contributed by atoms with Gasteiger partial charge in [-0.2, -0.15) is 0 Å². The van der Waals surface area contributed by atoms with Crippen molar-refractivity contribution in [1.82, 2.24) is 0 Å². The minimum atomic E-state index is -1.80. The van der Waals surface area contributed by atoms with Crippen LogP contribution < -0.4 is 0 Å². The third-order valence-corrected chi connectivity index (χ3v) is 145. The Kier molecular flexibility index (Phi) is 112. The normalized spacial score (nSPS) is 12.0. The largest absolute Gasteiger partial charge is 0.305 e. The van der Waals surface area contributed by atoms with Gasteiger partial charge >= 0.3 is 0 Å². The Bertz CT molecular complexity index is 970. The first-order valence-corrected chi connectivity index (χ1v) is 98.6. The lowest BCUT2D eigenvalue weighted by Gasteiger charge is -2.03. The molecule has 0 radical (unpaired) electrons. The summed E-state index contributed by atoms with van der Waals surface area (Å²) < 4.78 is 5.12. The molecule has 1 nitrogen and oxygen atoms in total. The highest BCUT2D eigenvalue weighted by atomic mass is 34.1. The van der Waals surface area contributed by atoms with Crippen LogP contribution >= 0.6 is 621 Å². The fraction of sp³-hybridized carbons (Fsp3) is 1.00. The summed E-state index contributed by atoms with van der Waals surface area (Å²) >= 11 is 14.4. The number of rotatable bonds is 63. The summed E-state index contributed by atoms with van der Waals surface area (Å²) in [5.74, 6) is 0. The maximum absolute atomic E-state index is 5.17. The van der Waals surface area contributed by atoms with Crippen LogP contribution in [0.1, 0.15) is 0 Å². The van der Waals surface area contributed by atoms with Crippen molar-refractivity contribution >= 4 is 650 Å². The van der Waals surface area contributed by atoms with Crippen molar-refractivity contribution in [2.45, 2.75) is 0 Å². The molecule has 0 spiro atoms. The second kappa shape index (κ2) is 84.0. The van der Waals surface area contributed by atoms with Gasteiger partial charge in [0.05, 0.1) is 13.6 Å². The van der Waals surface area contributed by atoms with Gasteiger partial charge in [0.1, 0.15) is 0 Å². The molecule has 0 aliphatic heterocycles. The second-order valence-electron chi connectivity index (χ2n) is 4.80. The van der Waals surface area contributed by atoms with Gasteiger partial charge in [-0.15, -0.1) is 0 Å². The van der Waals surface area contributed by atoms with Crippen molar-refractivity contribution in [2.24, 2.45) is 0 Å². The summed E-state index contributed by atoms with van der Waals surface area (Å²) in [5, 5.41) is 0. The number of hydrogen-bond donors (Lipinski definition) is 1. The first-order valence-electron chi connectivity index (χ1n) is 11.4. The zero-order valence-corrected chi connectivity index (χ0v) is 82.4. The molecule has 0 aliphatic carbocycles. The zero-order valence-electron chi connectivity index (χ0n) is 28.4. The van der Waals surface area contributed by atoms with Crippen LogP contribution in [0.4, 0.5) is 0 Å². The van der Waals surface area contributed by atoms with E-state index in [-0.39, 0.29) is 0 Å². The lowest BCUT2D eigenvalue weighted by molar-refractivity contribution is 0.491. The third-order valence-electron chi connectivity index (χ3n) is 1.98. The summed E-state index contributed by atoms with van der Waals surface area (Å²) in [6.45, 7) is -1.80. The third kappa shape index (κ3) is 84.9. The average Bonchev–Trinajstić information content (AvgIpc) is 3.34. The molecule has 67 heteroatoms. The van der Waals surface area contributed by atoms with E-state index in [2.05, 4.69) is 11.7 Å². The molecule has 0 aromatic carbocycles. The van der Waals surface area contributed by atoms with Gasteiger partial charge in [0.2, 0.25) is 0 Å². The van der Waals surface area contributed by atoms with Gasteiger partial charge in [0.15, 0.2) is 0 Å². The predicted molar refractivity (Wildman–Crippen MR) is 509 cm³/mol. The molecule has 0 atom stereocenters. The van der Waals surface area contributed by atoms with Crippen molar-refractivity contribution in [1.29, 1.82) is 0 Å². The van der Waals surface area contributed by atoms with E-state index in [0.717, 1.165) is 0 Å². The molecule has 0 amide bonds. The van der Waals surface area contributed by atoms with E-state index in [4.69, 9.17) is 26.6 Å². The monoisotopic (exact) mass is 2140 g/mol. The van der Waals surface area contributed by atoms with Crippen LogP contribution in [0.25, 0.3) is 0 Å². The highest BCUT2D eigenvalue weighted by molar-refractivity contribution is 9.65. The smallest absolute Gasteiger partial charge is 0.0817 e. The summed E-state index contributed by atoms with van der Waals surface area (Å²) in [4.78, 5) is 0. The molecule has 0 heterocycles. The molecule has 68 heavy (non-hydrogen) atoms. The summed E-state index contributed by atoms with van der Waals surface area (Å²) in [6, 6.07) is 0. The molecule has 0 unspecified atom stereocenters. The van der Waals surface area contributed by atoms with E-state index in [1.165, 1.54) is 19.7 Å². The van der Waals surface area contributed by atoms with Crippen molar-refractivity contribution in [2.75, 3.05) is 7.11 Å². The highest BCUT2D eigenvalue weighted by Gasteiger charge is 2.07. The molecule has 0 saturated carbocycles. The minimum absolute atomic E-state index is 1.46. The maximum atomic E-state index is 5.17. The molecule has 410 valence electrons. The molecule has 0 aromatic rings. The van der Waals surface area contributed by atoms with Gasteiger partial charge in [0.25, 0.3) is 0 Å². The standard InChI is InChI=1S/CH4OS66/c1-2-68(4,5)67-66-65-64-63-62-61-60-59-58-57-56-55-54-53-52-51-50-49-48-47-46-45-44-43-42-41-40-39-38-37-36-35-34-33-32-31-30-29-28-27-26-25-24-23-22-21-20-19-18-17-16-15-14-13-12-11-10-9-8-7-6-3/h3H,1H3. The van der Waals surface area contributed by atoms with Crippen LogP contribution in [-0.2, 0) is 33.0 Å². The molecular weight excluding hydrogens is 2140 g/mol. The second-order valence-corrected chi connectivity index (χ2v) is 122. The Hall–Kier alpha value is 22.8. The van der Waals surface area contributed by atoms with Crippen LogP contribution in [0.3, 0.4) is 0 Å². The Labute approximate surface area is 642 Å². The first kappa shape index (κ1) is 90.8. The van der Waals surface area contributed by atoms with E-state index in [9.17, 15) is 0 Å². The summed E-state index contributed by atoms with van der Waals surface area (Å²) in [5.41, 5.74) is 0. The van der Waals surface area contributed by atoms with Gasteiger partial charge in [-0.05, 0) is 101 Å². The van der Waals surface area contributed by atoms with E-state index in [1.54, 1.807) is 154 Å². The van der Waals surface area contributed by atoms with E-state index in [1.807, 2.05) is 442 Å². The van der Waals surface area contributed by atoms with Crippen LogP contribution in [-0.4, -0.2) is 7.11 Å². The van der Waals surface area contributed by atoms with Crippen LogP contribution in [0.2, 0.25) is 0 Å². The van der Waals surface area contributed by atoms with Crippen molar-refractivity contribution in [3.8, 4) is 0 Å². The molecule has 0 rings (SSSR count). The highest BCUT2D eigenvalue weighted by Crippen LogP contribution is 2.70. The minimum Gasteiger partial charge on any atom is -0.305 e. The molecule has 0 aliphatic rings. The number of hydrogen-bond acceptors (Lipinski definition) is 66. The molecule has 0 aromatic heterocycles. The first-order chi connectivity index (χ1) is 33.6.